The molecule has 3 aromatic rings. The average Bonchev–Trinajstić information content (AvgIpc) is 3.28. The predicted octanol–water partition coefficient (Wildman–Crippen LogP) is 3.52. The number of aromatic nitrogens is 4. The van der Waals surface area contributed by atoms with Gasteiger partial charge in [0.1, 0.15) is 17.2 Å². The van der Waals surface area contributed by atoms with Crippen LogP contribution in [0.15, 0.2) is 41.2 Å². The molecule has 164 valence electrons. The maximum absolute atomic E-state index is 13.2. The van der Waals surface area contributed by atoms with Crippen LogP contribution >= 0.6 is 0 Å². The third kappa shape index (κ3) is 5.08. The lowest BCUT2D eigenvalue weighted by molar-refractivity contribution is -0.352. The Kier molecular flexibility index (Phi) is 5.48. The first-order valence-electron chi connectivity index (χ1n) is 9.36. The highest BCUT2D eigenvalue weighted by Gasteiger charge is 2.42. The van der Waals surface area contributed by atoms with Gasteiger partial charge in [0, 0.05) is 36.5 Å². The molecule has 1 amide bonds. The minimum absolute atomic E-state index is 0.104. The Morgan fingerprint density at radius 1 is 1.35 bits per heavy atom. The number of rotatable bonds is 7. The number of allylic oxidation sites excluding steroid dienone is 1. The Morgan fingerprint density at radius 3 is 2.87 bits per heavy atom. The Bertz CT molecular complexity index is 1120. The molecular formula is C19H17F4N5O3. The molecule has 0 aromatic carbocycles. The monoisotopic (exact) mass is 439 g/mol. The summed E-state index contributed by atoms with van der Waals surface area (Å²) in [5.41, 5.74) is 0.788. The number of nitrogens with one attached hydrogen (secondary N) is 1. The molecule has 0 bridgehead atoms. The number of carbonyl (C=O) groups excluding carboxylic acids is 1. The molecule has 0 aliphatic heterocycles. The van der Waals surface area contributed by atoms with Gasteiger partial charge < -0.3 is 14.1 Å². The fourth-order valence-electron chi connectivity index (χ4n) is 3.20. The van der Waals surface area contributed by atoms with Gasteiger partial charge in [-0.2, -0.15) is 0 Å². The fraction of sp³-hybridized carbons (Fsp3) is 0.368. The first kappa shape index (κ1) is 21.0. The third-order valence-corrected chi connectivity index (χ3v) is 4.81. The molecule has 1 saturated carbocycles. The molecule has 8 nitrogen and oxygen atoms in total. The van der Waals surface area contributed by atoms with Gasteiger partial charge in [-0.15, -0.1) is 23.4 Å². The zero-order chi connectivity index (χ0) is 22.2. The Balaban J connectivity index is 1.25. The van der Waals surface area contributed by atoms with Crippen molar-refractivity contribution in [2.45, 2.75) is 44.1 Å². The second kappa shape index (κ2) is 8.10. The van der Waals surface area contributed by atoms with Gasteiger partial charge in [0.15, 0.2) is 0 Å². The van der Waals surface area contributed by atoms with Gasteiger partial charge in [-0.1, -0.05) is 6.58 Å². The van der Waals surface area contributed by atoms with Crippen molar-refractivity contribution in [3.8, 4) is 0 Å². The van der Waals surface area contributed by atoms with E-state index < -0.39 is 24.2 Å². The van der Waals surface area contributed by atoms with Crippen molar-refractivity contribution in [3.05, 3.63) is 60.1 Å². The number of alkyl halides is 3. The normalized spacial score (nSPS) is 18.7. The Labute approximate surface area is 172 Å². The number of ether oxygens (including phenoxy) is 1. The molecule has 1 N–H and O–H groups in total. The van der Waals surface area contributed by atoms with Gasteiger partial charge in [0.2, 0.25) is 11.8 Å². The topological polar surface area (TPSA) is 94.5 Å². The van der Waals surface area contributed by atoms with E-state index in [4.69, 9.17) is 4.42 Å². The van der Waals surface area contributed by atoms with Gasteiger partial charge in [0.05, 0.1) is 6.10 Å². The van der Waals surface area contributed by atoms with E-state index >= 15 is 0 Å². The van der Waals surface area contributed by atoms with Crippen molar-refractivity contribution in [2.75, 3.05) is 0 Å². The molecule has 1 fully saturated rings. The maximum atomic E-state index is 13.2. The molecule has 0 unspecified atom stereocenters. The van der Waals surface area contributed by atoms with E-state index in [-0.39, 0.29) is 42.7 Å². The summed E-state index contributed by atoms with van der Waals surface area (Å²) >= 11 is 0. The number of imidazole rings is 1. The average molecular weight is 439 g/mol. The highest BCUT2D eigenvalue weighted by molar-refractivity contribution is 5.93. The molecule has 1 aliphatic rings. The van der Waals surface area contributed by atoms with E-state index in [1.165, 1.54) is 28.9 Å². The second-order valence-electron chi connectivity index (χ2n) is 7.18. The number of amides is 1. The summed E-state index contributed by atoms with van der Waals surface area (Å²) in [6.07, 6.45) is -1.71. The first-order valence-corrected chi connectivity index (χ1v) is 9.36. The molecule has 0 atom stereocenters. The highest BCUT2D eigenvalue weighted by Crippen LogP contribution is 2.40. The first-order chi connectivity index (χ1) is 14.7. The molecule has 12 heteroatoms. The fourth-order valence-corrected chi connectivity index (χ4v) is 3.20. The van der Waals surface area contributed by atoms with Crippen molar-refractivity contribution in [2.24, 2.45) is 0 Å². The number of hydrogen-bond acceptors (Lipinski definition) is 6. The highest BCUT2D eigenvalue weighted by atomic mass is 19.4. The molecule has 0 spiro atoms. The number of carbonyl (C=O) groups is 1. The van der Waals surface area contributed by atoms with Crippen molar-refractivity contribution in [1.82, 2.24) is 24.9 Å². The second-order valence-corrected chi connectivity index (χ2v) is 7.18. The van der Waals surface area contributed by atoms with Crippen molar-refractivity contribution in [3.63, 3.8) is 0 Å². The molecule has 3 aromatic heterocycles. The summed E-state index contributed by atoms with van der Waals surface area (Å²) in [5, 5.41) is 10.4. The summed E-state index contributed by atoms with van der Waals surface area (Å²) in [7, 11) is 0. The summed E-state index contributed by atoms with van der Waals surface area (Å²) in [6, 6.07) is 2.46. The van der Waals surface area contributed by atoms with E-state index in [0.29, 0.717) is 17.8 Å². The number of pyridine rings is 1. The van der Waals surface area contributed by atoms with Gasteiger partial charge in [0.25, 0.3) is 5.91 Å². The minimum atomic E-state index is -4.65. The SMILES string of the molecule is C=C(CCc1nnc(C2CC(OC(F)(F)F)C2)o1)NC(=O)c1cn2ccc(F)cc2n1. The van der Waals surface area contributed by atoms with Crippen LogP contribution < -0.4 is 5.32 Å². The van der Waals surface area contributed by atoms with E-state index in [0.717, 1.165) is 0 Å². The molecule has 0 radical (unpaired) electrons. The van der Waals surface area contributed by atoms with Crippen LogP contribution in [-0.4, -0.2) is 38.0 Å². The van der Waals surface area contributed by atoms with Crippen LogP contribution in [0.2, 0.25) is 0 Å². The maximum Gasteiger partial charge on any atom is 0.522 e. The van der Waals surface area contributed by atoms with Crippen molar-refractivity contribution in [1.29, 1.82) is 0 Å². The lowest BCUT2D eigenvalue weighted by Crippen LogP contribution is -2.34. The zero-order valence-corrected chi connectivity index (χ0v) is 16.0. The van der Waals surface area contributed by atoms with E-state index in [2.05, 4.69) is 31.8 Å². The molecule has 1 aliphatic carbocycles. The van der Waals surface area contributed by atoms with Gasteiger partial charge in [-0.3, -0.25) is 9.53 Å². The van der Waals surface area contributed by atoms with Crippen LogP contribution in [-0.2, 0) is 11.2 Å². The summed E-state index contributed by atoms with van der Waals surface area (Å²) in [5.74, 6) is -0.669. The largest absolute Gasteiger partial charge is 0.522 e. The van der Waals surface area contributed by atoms with E-state index in [1.807, 2.05) is 0 Å². The summed E-state index contributed by atoms with van der Waals surface area (Å²) in [6.45, 7) is 3.78. The number of fused-ring (bicyclic) bond motifs is 1. The van der Waals surface area contributed by atoms with Gasteiger partial charge >= 0.3 is 6.36 Å². The number of hydrogen-bond donors (Lipinski definition) is 1. The predicted molar refractivity (Wildman–Crippen MR) is 97.3 cm³/mol. The van der Waals surface area contributed by atoms with Crippen LogP contribution in [0.3, 0.4) is 0 Å². The Morgan fingerprint density at radius 2 is 2.13 bits per heavy atom. The number of nitrogens with zero attached hydrogens (tertiary/aromatic N) is 4. The minimum Gasteiger partial charge on any atom is -0.425 e. The third-order valence-electron chi connectivity index (χ3n) is 4.81. The molecule has 31 heavy (non-hydrogen) atoms. The van der Waals surface area contributed by atoms with Crippen LogP contribution in [0.4, 0.5) is 17.6 Å². The van der Waals surface area contributed by atoms with Crippen molar-refractivity contribution >= 4 is 11.6 Å². The molecule has 3 heterocycles. The number of halogens is 4. The molecule has 0 saturated heterocycles. The van der Waals surface area contributed by atoms with Crippen LogP contribution in [0.25, 0.3) is 5.65 Å². The number of aryl methyl sites for hydroxylation is 1. The lowest BCUT2D eigenvalue weighted by atomic mass is 9.82. The van der Waals surface area contributed by atoms with E-state index in [1.54, 1.807) is 0 Å². The summed E-state index contributed by atoms with van der Waals surface area (Å²) < 4.78 is 60.7. The molecular weight excluding hydrogens is 422 g/mol. The van der Waals surface area contributed by atoms with Crippen LogP contribution in [0.1, 0.15) is 47.5 Å². The lowest BCUT2D eigenvalue weighted by Gasteiger charge is -2.32. The van der Waals surface area contributed by atoms with Crippen LogP contribution in [0, 0.1) is 5.82 Å². The van der Waals surface area contributed by atoms with E-state index in [9.17, 15) is 22.4 Å². The Hall–Kier alpha value is -3.28. The van der Waals surface area contributed by atoms with Gasteiger partial charge in [-0.25, -0.2) is 9.37 Å². The van der Waals surface area contributed by atoms with Crippen LogP contribution in [0.5, 0.6) is 0 Å². The molecule has 4 rings (SSSR count). The van der Waals surface area contributed by atoms with Gasteiger partial charge in [-0.05, 0) is 25.3 Å². The summed E-state index contributed by atoms with van der Waals surface area (Å²) in [4.78, 5) is 16.4. The zero-order valence-electron chi connectivity index (χ0n) is 16.0. The smallest absolute Gasteiger partial charge is 0.425 e. The standard InChI is InChI=1S/C19H17F4N5O3/c1-10(24-17(29)14-9-28-5-4-12(20)8-15(28)25-14)2-3-16-26-27-18(30-16)11-6-13(7-11)31-19(21,22)23/h4-5,8-9,11,13H,1-3,6-7H2,(H,24,29). The van der Waals surface area contributed by atoms with Crippen molar-refractivity contribution < 1.29 is 31.5 Å². The quantitative estimate of drug-likeness (QED) is 0.566.